The summed E-state index contributed by atoms with van der Waals surface area (Å²) in [5.41, 5.74) is 2.76. The van der Waals surface area contributed by atoms with Crippen LogP contribution in [0.1, 0.15) is 23.2 Å². The third kappa shape index (κ3) is 6.83. The van der Waals surface area contributed by atoms with Gasteiger partial charge in [-0.1, -0.05) is 17.7 Å². The number of nitrogens with zero attached hydrogens (tertiary/aromatic N) is 2. The number of aryl methyl sites for hydroxylation is 1. The Balaban J connectivity index is 1.61. The van der Waals surface area contributed by atoms with E-state index in [1.165, 1.54) is 19.1 Å². The lowest BCUT2D eigenvalue weighted by atomic mass is 10.0. The highest BCUT2D eigenvalue weighted by Crippen LogP contribution is 2.30. The molecule has 2 aromatic rings. The van der Waals surface area contributed by atoms with Crippen molar-refractivity contribution in [1.82, 2.24) is 9.88 Å². The molecule has 0 spiro atoms. The maximum Gasteiger partial charge on any atom is 0.573 e. The van der Waals surface area contributed by atoms with Gasteiger partial charge in [0.25, 0.3) is 0 Å². The fraction of sp³-hybridized carbons (Fsp3) is 0.364. The summed E-state index contributed by atoms with van der Waals surface area (Å²) < 4.78 is 41.1. The quantitative estimate of drug-likeness (QED) is 0.571. The summed E-state index contributed by atoms with van der Waals surface area (Å²) in [6.45, 7) is 1.81. The molecule has 0 saturated heterocycles. The Kier molecular flexibility index (Phi) is 7.83. The number of halogens is 4. The van der Waals surface area contributed by atoms with Gasteiger partial charge in [0.1, 0.15) is 5.75 Å². The molecule has 1 aliphatic rings. The highest BCUT2D eigenvalue weighted by molar-refractivity contribution is 6.32. The van der Waals surface area contributed by atoms with Crippen molar-refractivity contribution < 1.29 is 32.9 Å². The summed E-state index contributed by atoms with van der Waals surface area (Å²) in [4.78, 5) is 18.5. The first-order chi connectivity index (χ1) is 15.6. The number of aromatic nitrogens is 1. The molecule has 0 radical (unpaired) electrons. The van der Waals surface area contributed by atoms with Crippen LogP contribution in [0.2, 0.25) is 5.02 Å². The first-order valence-corrected chi connectivity index (χ1v) is 10.5. The number of carbonyl (C=O) groups excluding carboxylic acids is 1. The van der Waals surface area contributed by atoms with E-state index in [1.54, 1.807) is 17.2 Å². The lowest BCUT2D eigenvalue weighted by Crippen LogP contribution is -2.38. The number of nitrogens with one attached hydrogen (secondary N) is 1. The van der Waals surface area contributed by atoms with E-state index in [2.05, 4.69) is 15.0 Å². The molecular weight excluding hydrogens is 463 g/mol. The molecule has 1 aliphatic heterocycles. The third-order valence-corrected chi connectivity index (χ3v) is 5.32. The average molecular weight is 486 g/mol. The Morgan fingerprint density at radius 3 is 2.70 bits per heavy atom. The van der Waals surface area contributed by atoms with Gasteiger partial charge in [0, 0.05) is 31.4 Å². The van der Waals surface area contributed by atoms with Crippen LogP contribution in [-0.2, 0) is 6.42 Å². The summed E-state index contributed by atoms with van der Waals surface area (Å²) in [6, 6.07) is 5.21. The normalized spacial score (nSPS) is 15.1. The van der Waals surface area contributed by atoms with Gasteiger partial charge in [-0.25, -0.2) is 4.79 Å². The van der Waals surface area contributed by atoms with Crippen LogP contribution in [0.15, 0.2) is 36.5 Å². The predicted molar refractivity (Wildman–Crippen MR) is 117 cm³/mol. The van der Waals surface area contributed by atoms with E-state index in [0.717, 1.165) is 11.6 Å². The standard InChI is InChI=1S/C22H23ClF3N3O4/c1-13-8-16(2-3-19(13)33-22(24,25)26)28-21(32)29-6-4-15(5-7-29)20-18(23)10-14(11-27-20)9-17(31)12-30/h2-4,8,10-11,17,30-31H,5-7,9,12H2,1H3,(H,28,32). The number of hydrogen-bond acceptors (Lipinski definition) is 5. The second kappa shape index (κ2) is 10.4. The molecule has 2 heterocycles. The number of hydrogen-bond donors (Lipinski definition) is 3. The number of anilines is 1. The van der Waals surface area contributed by atoms with Gasteiger partial charge in [-0.15, -0.1) is 13.2 Å². The lowest BCUT2D eigenvalue weighted by molar-refractivity contribution is -0.274. The molecule has 0 aliphatic carbocycles. The Morgan fingerprint density at radius 2 is 2.12 bits per heavy atom. The summed E-state index contributed by atoms with van der Waals surface area (Å²) in [5.74, 6) is -0.327. The van der Waals surface area contributed by atoms with Gasteiger partial charge < -0.3 is 25.2 Å². The van der Waals surface area contributed by atoms with Crippen LogP contribution in [0.25, 0.3) is 5.57 Å². The van der Waals surface area contributed by atoms with Gasteiger partial charge in [0.2, 0.25) is 0 Å². The molecule has 1 aromatic heterocycles. The second-order valence-corrected chi connectivity index (χ2v) is 8.01. The molecule has 0 fully saturated rings. The minimum Gasteiger partial charge on any atom is -0.406 e. The molecule has 1 unspecified atom stereocenters. The van der Waals surface area contributed by atoms with Crippen LogP contribution in [0.5, 0.6) is 5.75 Å². The number of aliphatic hydroxyl groups excluding tert-OH is 2. The van der Waals surface area contributed by atoms with Crippen molar-refractivity contribution in [3.63, 3.8) is 0 Å². The highest BCUT2D eigenvalue weighted by atomic mass is 35.5. The molecule has 1 aromatic carbocycles. The van der Waals surface area contributed by atoms with Gasteiger partial charge in [-0.3, -0.25) is 4.98 Å². The largest absolute Gasteiger partial charge is 0.573 e. The van der Waals surface area contributed by atoms with E-state index < -0.39 is 12.5 Å². The zero-order valence-electron chi connectivity index (χ0n) is 17.7. The van der Waals surface area contributed by atoms with Crippen LogP contribution < -0.4 is 10.1 Å². The van der Waals surface area contributed by atoms with Gasteiger partial charge in [0.05, 0.1) is 23.4 Å². The van der Waals surface area contributed by atoms with Crippen LogP contribution in [0, 0.1) is 6.92 Å². The smallest absolute Gasteiger partial charge is 0.406 e. The number of benzene rings is 1. The van der Waals surface area contributed by atoms with Gasteiger partial charge >= 0.3 is 12.4 Å². The molecule has 178 valence electrons. The molecule has 1 atom stereocenters. The van der Waals surface area contributed by atoms with Crippen molar-refractivity contribution in [3.05, 3.63) is 58.4 Å². The van der Waals surface area contributed by atoms with Crippen molar-refractivity contribution in [2.45, 2.75) is 32.2 Å². The number of urea groups is 1. The summed E-state index contributed by atoms with van der Waals surface area (Å²) in [5, 5.41) is 21.6. The van der Waals surface area contributed by atoms with Crippen LogP contribution in [0.4, 0.5) is 23.7 Å². The minimum atomic E-state index is -4.79. The fourth-order valence-corrected chi connectivity index (χ4v) is 3.71. The molecule has 0 bridgehead atoms. The molecule has 2 amide bonds. The van der Waals surface area contributed by atoms with Crippen LogP contribution in [-0.4, -0.2) is 58.3 Å². The van der Waals surface area contributed by atoms with Crippen molar-refractivity contribution in [2.75, 3.05) is 25.0 Å². The zero-order chi connectivity index (χ0) is 24.2. The molecule has 0 saturated carbocycles. The van der Waals surface area contributed by atoms with Crippen molar-refractivity contribution in [1.29, 1.82) is 0 Å². The zero-order valence-corrected chi connectivity index (χ0v) is 18.5. The average Bonchev–Trinajstić information content (AvgIpc) is 2.75. The number of carbonyl (C=O) groups is 1. The number of rotatable bonds is 6. The lowest BCUT2D eigenvalue weighted by Gasteiger charge is -2.27. The Morgan fingerprint density at radius 1 is 1.36 bits per heavy atom. The Bertz CT molecular complexity index is 1050. The van der Waals surface area contributed by atoms with Crippen LogP contribution >= 0.6 is 11.6 Å². The number of amides is 2. The maximum absolute atomic E-state index is 12.6. The maximum atomic E-state index is 12.6. The predicted octanol–water partition coefficient (Wildman–Crippen LogP) is 4.16. The summed E-state index contributed by atoms with van der Waals surface area (Å²) >= 11 is 6.34. The molecular formula is C22H23ClF3N3O4. The topological polar surface area (TPSA) is 94.9 Å². The first kappa shape index (κ1) is 24.8. The SMILES string of the molecule is Cc1cc(NC(=O)N2CC=C(c3ncc(CC(O)CO)cc3Cl)CC2)ccc1OC(F)(F)F. The molecule has 33 heavy (non-hydrogen) atoms. The summed E-state index contributed by atoms with van der Waals surface area (Å²) in [6.07, 6.45) is -1.49. The highest BCUT2D eigenvalue weighted by Gasteiger charge is 2.31. The van der Waals surface area contributed by atoms with Crippen molar-refractivity contribution >= 4 is 28.9 Å². The summed E-state index contributed by atoms with van der Waals surface area (Å²) in [7, 11) is 0. The van der Waals surface area contributed by atoms with E-state index in [0.29, 0.717) is 41.5 Å². The van der Waals surface area contributed by atoms with Crippen molar-refractivity contribution in [3.8, 4) is 5.75 Å². The Hall–Kier alpha value is -2.82. The number of pyridine rings is 1. The van der Waals surface area contributed by atoms with E-state index in [9.17, 15) is 23.1 Å². The van der Waals surface area contributed by atoms with E-state index in [-0.39, 0.29) is 30.4 Å². The second-order valence-electron chi connectivity index (χ2n) is 7.60. The van der Waals surface area contributed by atoms with Gasteiger partial charge in [-0.05, 0) is 54.3 Å². The van der Waals surface area contributed by atoms with E-state index in [1.807, 2.05) is 6.08 Å². The fourth-order valence-electron chi connectivity index (χ4n) is 3.40. The van der Waals surface area contributed by atoms with E-state index in [4.69, 9.17) is 16.7 Å². The van der Waals surface area contributed by atoms with Crippen LogP contribution in [0.3, 0.4) is 0 Å². The molecule has 7 nitrogen and oxygen atoms in total. The molecule has 3 N–H and O–H groups in total. The van der Waals surface area contributed by atoms with Gasteiger partial charge in [0.15, 0.2) is 0 Å². The molecule has 11 heteroatoms. The number of ether oxygens (including phenoxy) is 1. The van der Waals surface area contributed by atoms with E-state index >= 15 is 0 Å². The van der Waals surface area contributed by atoms with Gasteiger partial charge in [-0.2, -0.15) is 0 Å². The number of alkyl halides is 3. The third-order valence-electron chi connectivity index (χ3n) is 5.03. The minimum absolute atomic E-state index is 0.235. The molecule has 3 rings (SSSR count). The van der Waals surface area contributed by atoms with Crippen molar-refractivity contribution in [2.24, 2.45) is 0 Å². The first-order valence-electron chi connectivity index (χ1n) is 10.1. The number of aliphatic hydroxyl groups is 2. The Labute approximate surface area is 193 Å². The monoisotopic (exact) mass is 485 g/mol.